The van der Waals surface area contributed by atoms with Gasteiger partial charge >= 0.3 is 6.18 Å². The zero-order chi connectivity index (χ0) is 25.8. The van der Waals surface area contributed by atoms with Crippen LogP contribution in [0.1, 0.15) is 53.2 Å². The van der Waals surface area contributed by atoms with Crippen molar-refractivity contribution in [2.75, 3.05) is 6.54 Å². The number of alkyl halides is 3. The number of ether oxygens (including phenoxy) is 1. The molecule has 0 saturated carbocycles. The lowest BCUT2D eigenvalue weighted by Crippen LogP contribution is -2.52. The summed E-state index contributed by atoms with van der Waals surface area (Å²) < 4.78 is 48.2. The zero-order valence-corrected chi connectivity index (χ0v) is 20.4. The third kappa shape index (κ3) is 4.32. The molecule has 5 rings (SSSR count). The van der Waals surface area contributed by atoms with E-state index in [1.165, 1.54) is 10.6 Å². The van der Waals surface area contributed by atoms with Gasteiger partial charge in [0.25, 0.3) is 11.5 Å². The van der Waals surface area contributed by atoms with Crippen LogP contribution in [-0.2, 0) is 17.5 Å². The molecule has 2 aromatic heterocycles. The van der Waals surface area contributed by atoms with Gasteiger partial charge in [-0.3, -0.25) is 9.59 Å². The SMILES string of the molecule is Cc1cn(-c2ccc3n(c2=O)CCN([C@@H](C)[C@@H]2CC[C@H](c4ccc(C(F)(F)F)cc4Cl)O2)C3=O)cn1. The van der Waals surface area contributed by atoms with Crippen LogP contribution in [0.2, 0.25) is 5.02 Å². The van der Waals surface area contributed by atoms with E-state index in [1.807, 2.05) is 13.8 Å². The summed E-state index contributed by atoms with van der Waals surface area (Å²) in [5.74, 6) is -0.265. The van der Waals surface area contributed by atoms with Crippen LogP contribution in [0, 0.1) is 6.92 Å². The molecular formula is C25H24ClF3N4O3. The zero-order valence-electron chi connectivity index (χ0n) is 19.6. The molecule has 0 spiro atoms. The molecule has 1 amide bonds. The van der Waals surface area contributed by atoms with Crippen LogP contribution in [0.5, 0.6) is 0 Å². The fourth-order valence-electron chi connectivity index (χ4n) is 4.98. The molecule has 0 radical (unpaired) electrons. The molecule has 0 unspecified atom stereocenters. The molecule has 1 saturated heterocycles. The first-order chi connectivity index (χ1) is 17.0. The molecule has 3 aromatic rings. The third-order valence-corrected chi connectivity index (χ3v) is 7.27. The Morgan fingerprint density at radius 3 is 2.58 bits per heavy atom. The van der Waals surface area contributed by atoms with Crippen LogP contribution < -0.4 is 5.56 Å². The van der Waals surface area contributed by atoms with E-state index < -0.39 is 17.8 Å². The van der Waals surface area contributed by atoms with Crippen molar-refractivity contribution in [1.82, 2.24) is 19.0 Å². The lowest BCUT2D eigenvalue weighted by atomic mass is 10.0. The van der Waals surface area contributed by atoms with E-state index >= 15 is 0 Å². The van der Waals surface area contributed by atoms with Gasteiger partial charge in [0.15, 0.2) is 0 Å². The molecule has 190 valence electrons. The molecule has 2 aliphatic heterocycles. The van der Waals surface area contributed by atoms with Crippen LogP contribution in [0.15, 0.2) is 47.7 Å². The summed E-state index contributed by atoms with van der Waals surface area (Å²) in [4.78, 5) is 32.2. The number of carbonyl (C=O) groups is 1. The van der Waals surface area contributed by atoms with Gasteiger partial charge in [0.1, 0.15) is 11.4 Å². The Bertz CT molecular complexity index is 1380. The summed E-state index contributed by atoms with van der Waals surface area (Å²) in [6.07, 6.45) is -0.730. The lowest BCUT2D eigenvalue weighted by Gasteiger charge is -2.37. The molecule has 1 aromatic carbocycles. The van der Waals surface area contributed by atoms with E-state index in [2.05, 4.69) is 4.98 Å². The maximum atomic E-state index is 13.3. The van der Waals surface area contributed by atoms with Gasteiger partial charge in [-0.15, -0.1) is 0 Å². The normalized spacial score (nSPS) is 21.1. The topological polar surface area (TPSA) is 69.4 Å². The number of pyridine rings is 1. The Balaban J connectivity index is 1.32. The summed E-state index contributed by atoms with van der Waals surface area (Å²) in [6.45, 7) is 4.39. The number of fused-ring (bicyclic) bond motifs is 1. The average Bonchev–Trinajstić information content (AvgIpc) is 3.48. The van der Waals surface area contributed by atoms with Gasteiger partial charge in [0, 0.05) is 24.3 Å². The van der Waals surface area contributed by atoms with E-state index in [0.29, 0.717) is 42.9 Å². The van der Waals surface area contributed by atoms with Gasteiger partial charge in [-0.05, 0) is 56.5 Å². The summed E-state index contributed by atoms with van der Waals surface area (Å²) in [5.41, 5.74) is 0.935. The minimum absolute atomic E-state index is 0.00868. The number of hydrogen-bond donors (Lipinski definition) is 0. The number of halogens is 4. The molecule has 0 N–H and O–H groups in total. The third-order valence-electron chi connectivity index (χ3n) is 6.95. The van der Waals surface area contributed by atoms with Crippen molar-refractivity contribution in [1.29, 1.82) is 0 Å². The Labute approximate surface area is 210 Å². The molecule has 11 heteroatoms. The summed E-state index contributed by atoms with van der Waals surface area (Å²) in [6, 6.07) is 6.25. The molecule has 3 atom stereocenters. The van der Waals surface area contributed by atoms with Crippen LogP contribution in [0.4, 0.5) is 13.2 Å². The first kappa shape index (κ1) is 24.6. The first-order valence-electron chi connectivity index (χ1n) is 11.6. The van der Waals surface area contributed by atoms with Crippen molar-refractivity contribution in [3.05, 3.63) is 80.7 Å². The Kier molecular flexibility index (Phi) is 6.20. The summed E-state index contributed by atoms with van der Waals surface area (Å²) >= 11 is 6.16. The predicted molar refractivity (Wildman–Crippen MR) is 126 cm³/mol. The van der Waals surface area contributed by atoms with Crippen molar-refractivity contribution in [3.8, 4) is 5.69 Å². The number of amides is 1. The Hall–Kier alpha value is -3.11. The molecule has 7 nitrogen and oxygen atoms in total. The van der Waals surface area contributed by atoms with Crippen molar-refractivity contribution < 1.29 is 22.7 Å². The standard InChI is InChI=1S/C25H24ClF3N4O3/c1-14-12-31(13-30-14)19-5-6-20-24(35)32(9-10-33(20)23(19)34)15(2)21-7-8-22(36-21)17-4-3-16(11-18(17)26)25(27,28)29/h3-6,11-13,15,21-22H,7-10H2,1-2H3/t15-,21-,22+/m0/s1. The van der Waals surface area contributed by atoms with Gasteiger partial charge in [-0.25, -0.2) is 4.98 Å². The molecule has 4 heterocycles. The van der Waals surface area contributed by atoms with E-state index in [-0.39, 0.29) is 28.6 Å². The van der Waals surface area contributed by atoms with Gasteiger partial charge in [0.05, 0.1) is 35.8 Å². The number of benzene rings is 1. The number of aromatic nitrogens is 3. The van der Waals surface area contributed by atoms with E-state index in [1.54, 1.807) is 34.1 Å². The second kappa shape index (κ2) is 9.08. The number of rotatable bonds is 4. The average molecular weight is 521 g/mol. The summed E-state index contributed by atoms with van der Waals surface area (Å²) in [7, 11) is 0. The highest BCUT2D eigenvalue weighted by molar-refractivity contribution is 6.31. The van der Waals surface area contributed by atoms with Gasteiger partial charge in [-0.1, -0.05) is 17.7 Å². The van der Waals surface area contributed by atoms with Crippen LogP contribution in [0.3, 0.4) is 0 Å². The molecule has 2 aliphatic rings. The number of nitrogens with zero attached hydrogens (tertiary/aromatic N) is 4. The van der Waals surface area contributed by atoms with Crippen LogP contribution in [0.25, 0.3) is 5.69 Å². The minimum Gasteiger partial charge on any atom is -0.368 e. The second-order valence-corrected chi connectivity index (χ2v) is 9.60. The summed E-state index contributed by atoms with van der Waals surface area (Å²) in [5, 5.41) is 0.00868. The smallest absolute Gasteiger partial charge is 0.368 e. The fraction of sp³-hybridized carbons (Fsp3) is 0.400. The van der Waals surface area contributed by atoms with Crippen molar-refractivity contribution >= 4 is 17.5 Å². The van der Waals surface area contributed by atoms with Crippen molar-refractivity contribution in [3.63, 3.8) is 0 Å². The highest BCUT2D eigenvalue weighted by Gasteiger charge is 2.38. The van der Waals surface area contributed by atoms with Crippen LogP contribution >= 0.6 is 11.6 Å². The quantitative estimate of drug-likeness (QED) is 0.496. The van der Waals surface area contributed by atoms with E-state index in [0.717, 1.165) is 17.8 Å². The van der Waals surface area contributed by atoms with Gasteiger partial charge < -0.3 is 18.8 Å². The number of hydrogen-bond acceptors (Lipinski definition) is 4. The number of aryl methyl sites for hydroxylation is 1. The molecule has 1 fully saturated rings. The number of carbonyl (C=O) groups excluding carboxylic acids is 1. The molecule has 36 heavy (non-hydrogen) atoms. The monoisotopic (exact) mass is 520 g/mol. The first-order valence-corrected chi connectivity index (χ1v) is 12.0. The predicted octanol–water partition coefficient (Wildman–Crippen LogP) is 4.78. The highest BCUT2D eigenvalue weighted by atomic mass is 35.5. The van der Waals surface area contributed by atoms with Crippen molar-refractivity contribution in [2.45, 2.75) is 57.7 Å². The van der Waals surface area contributed by atoms with Gasteiger partial charge in [0.2, 0.25) is 0 Å². The highest BCUT2D eigenvalue weighted by Crippen LogP contribution is 2.40. The van der Waals surface area contributed by atoms with E-state index in [4.69, 9.17) is 16.3 Å². The van der Waals surface area contributed by atoms with Crippen LogP contribution in [-0.4, -0.2) is 43.6 Å². The largest absolute Gasteiger partial charge is 0.416 e. The van der Waals surface area contributed by atoms with E-state index in [9.17, 15) is 22.8 Å². The van der Waals surface area contributed by atoms with Gasteiger partial charge in [-0.2, -0.15) is 13.2 Å². The maximum Gasteiger partial charge on any atom is 0.416 e. The number of imidazole rings is 1. The molecular weight excluding hydrogens is 497 g/mol. The second-order valence-electron chi connectivity index (χ2n) is 9.20. The Morgan fingerprint density at radius 1 is 1.14 bits per heavy atom. The Morgan fingerprint density at radius 2 is 1.92 bits per heavy atom. The maximum absolute atomic E-state index is 13.3. The minimum atomic E-state index is -4.47. The van der Waals surface area contributed by atoms with Crippen molar-refractivity contribution in [2.24, 2.45) is 0 Å². The molecule has 0 bridgehead atoms. The lowest BCUT2D eigenvalue weighted by molar-refractivity contribution is -0.137. The molecule has 0 aliphatic carbocycles. The fourth-order valence-corrected chi connectivity index (χ4v) is 5.28.